The van der Waals surface area contributed by atoms with Gasteiger partial charge in [-0.3, -0.25) is 0 Å². The van der Waals surface area contributed by atoms with Gasteiger partial charge >= 0.3 is 6.03 Å². The van der Waals surface area contributed by atoms with Crippen molar-refractivity contribution < 1.29 is 4.79 Å². The monoisotopic (exact) mass is 450 g/mol. The summed E-state index contributed by atoms with van der Waals surface area (Å²) in [4.78, 5) is 22.9. The fraction of sp³-hybridized carbons (Fsp3) is 0.273. The van der Waals surface area contributed by atoms with E-state index in [2.05, 4.69) is 39.0 Å². The first-order chi connectivity index (χ1) is 15.6. The van der Waals surface area contributed by atoms with Crippen molar-refractivity contribution in [3.63, 3.8) is 0 Å². The minimum Gasteiger partial charge on any atom is -0.368 e. The fourth-order valence-corrected chi connectivity index (χ4v) is 4.17. The first-order valence-electron chi connectivity index (χ1n) is 10.5. The number of halogens is 1. The number of amides is 2. The maximum absolute atomic E-state index is 11.8. The molecule has 2 amide bonds. The molecule has 1 aromatic carbocycles. The van der Waals surface area contributed by atoms with Crippen molar-refractivity contribution in [1.82, 2.24) is 29.8 Å². The second-order valence-electron chi connectivity index (χ2n) is 7.70. The van der Waals surface area contributed by atoms with E-state index in [0.717, 1.165) is 33.6 Å². The van der Waals surface area contributed by atoms with E-state index in [0.29, 0.717) is 31.2 Å². The molecule has 1 atom stereocenters. The van der Waals surface area contributed by atoms with Gasteiger partial charge in [0.15, 0.2) is 5.82 Å². The van der Waals surface area contributed by atoms with Crippen LogP contribution >= 0.6 is 11.6 Å². The van der Waals surface area contributed by atoms with Gasteiger partial charge < -0.3 is 20.9 Å². The molecule has 4 heterocycles. The Morgan fingerprint density at radius 2 is 2.16 bits per heavy atom. The molecule has 4 aromatic rings. The van der Waals surface area contributed by atoms with Crippen molar-refractivity contribution in [3.05, 3.63) is 59.5 Å². The number of urea groups is 1. The minimum absolute atomic E-state index is 0.0310. The van der Waals surface area contributed by atoms with Gasteiger partial charge in [0.25, 0.3) is 0 Å². The van der Waals surface area contributed by atoms with Crippen LogP contribution in [0.5, 0.6) is 0 Å². The molecule has 3 aromatic heterocycles. The van der Waals surface area contributed by atoms with E-state index >= 15 is 0 Å². The van der Waals surface area contributed by atoms with Crippen molar-refractivity contribution in [3.8, 4) is 0 Å². The van der Waals surface area contributed by atoms with Gasteiger partial charge in [-0.05, 0) is 31.2 Å². The lowest BCUT2D eigenvalue weighted by atomic mass is 10.1. The molecule has 0 radical (unpaired) electrons. The van der Waals surface area contributed by atoms with Crippen LogP contribution in [0.3, 0.4) is 0 Å². The highest BCUT2D eigenvalue weighted by atomic mass is 35.5. The highest BCUT2D eigenvalue weighted by Gasteiger charge is 2.20. The molecule has 0 aliphatic carbocycles. The van der Waals surface area contributed by atoms with E-state index < -0.39 is 0 Å². The number of anilines is 2. The van der Waals surface area contributed by atoms with Crippen LogP contribution in [0, 0.1) is 0 Å². The van der Waals surface area contributed by atoms with Crippen molar-refractivity contribution in [2.24, 2.45) is 0 Å². The molecule has 1 fully saturated rings. The third kappa shape index (κ3) is 3.87. The van der Waals surface area contributed by atoms with Gasteiger partial charge in [0, 0.05) is 43.3 Å². The Hall–Kier alpha value is -3.59. The second kappa shape index (κ2) is 8.51. The summed E-state index contributed by atoms with van der Waals surface area (Å²) in [5, 5.41) is 15.5. The number of nitrogens with zero attached hydrogens (tertiary/aromatic N) is 5. The molecular formula is C22H23ClN8O. The number of benzene rings is 1. The summed E-state index contributed by atoms with van der Waals surface area (Å²) in [6.07, 6.45) is 3.41. The number of hydrogen-bond donors (Lipinski definition) is 3. The lowest BCUT2D eigenvalue weighted by Gasteiger charge is -2.21. The molecule has 3 N–H and O–H groups in total. The van der Waals surface area contributed by atoms with Gasteiger partial charge in [0.1, 0.15) is 17.7 Å². The molecule has 32 heavy (non-hydrogen) atoms. The highest BCUT2D eigenvalue weighted by Crippen LogP contribution is 2.31. The quantitative estimate of drug-likeness (QED) is 0.398. The highest BCUT2D eigenvalue weighted by molar-refractivity contribution is 6.35. The summed E-state index contributed by atoms with van der Waals surface area (Å²) in [6, 6.07) is 11.6. The van der Waals surface area contributed by atoms with E-state index in [1.54, 1.807) is 9.42 Å². The number of hydrogen-bond acceptors (Lipinski definition) is 6. The Labute approximate surface area is 189 Å². The topological polar surface area (TPSA) is 99.5 Å². The molecule has 9 nitrogen and oxygen atoms in total. The molecule has 0 spiro atoms. The molecule has 0 saturated carbocycles. The number of rotatable bonds is 7. The molecule has 5 rings (SSSR count). The molecule has 1 aliphatic heterocycles. The van der Waals surface area contributed by atoms with Crippen LogP contribution in [-0.2, 0) is 0 Å². The molecule has 10 heteroatoms. The largest absolute Gasteiger partial charge is 0.368 e. The van der Waals surface area contributed by atoms with E-state index in [9.17, 15) is 4.79 Å². The lowest BCUT2D eigenvalue weighted by Crippen LogP contribution is -2.32. The summed E-state index contributed by atoms with van der Waals surface area (Å²) >= 11 is 6.41. The molecule has 0 unspecified atom stereocenters. The summed E-state index contributed by atoms with van der Waals surface area (Å²) < 4.78 is 1.78. The van der Waals surface area contributed by atoms with E-state index in [1.165, 1.54) is 6.33 Å². The van der Waals surface area contributed by atoms with Crippen molar-refractivity contribution >= 4 is 45.7 Å². The third-order valence-electron chi connectivity index (χ3n) is 5.60. The van der Waals surface area contributed by atoms with Crippen LogP contribution in [0.4, 0.5) is 16.4 Å². The molecule has 0 bridgehead atoms. The van der Waals surface area contributed by atoms with Crippen molar-refractivity contribution in [2.45, 2.75) is 13.0 Å². The Bertz CT molecular complexity index is 1290. The fourth-order valence-electron chi connectivity index (χ4n) is 3.94. The number of pyridine rings is 1. The number of fused-ring (bicyclic) bond motifs is 2. The van der Waals surface area contributed by atoms with E-state index in [4.69, 9.17) is 16.6 Å². The van der Waals surface area contributed by atoms with Crippen molar-refractivity contribution in [1.29, 1.82) is 0 Å². The van der Waals surface area contributed by atoms with Gasteiger partial charge in [-0.2, -0.15) is 5.10 Å². The Morgan fingerprint density at radius 3 is 3.00 bits per heavy atom. The lowest BCUT2D eigenvalue weighted by molar-refractivity contribution is 0.219. The maximum Gasteiger partial charge on any atom is 0.317 e. The van der Waals surface area contributed by atoms with Crippen LogP contribution in [0.2, 0.25) is 5.02 Å². The average Bonchev–Trinajstić information content (AvgIpc) is 3.43. The standard InChI is InChI=1S/C22H23ClN8O/c1-14(28-21-18-6-3-9-31(18)27-13-26-21)16-12-15-4-2-5-17(23)19(15)29-20(16)24-7-10-30-11-8-25-22(30)32/h2-6,9,12-14H,7-8,10-11H2,1H3,(H,24,29)(H,25,32)(H,26,27,28)/t14-/m0/s1. The molecular weight excluding hydrogens is 428 g/mol. The SMILES string of the molecule is C[C@H](Nc1ncnn2cccc12)c1cc2cccc(Cl)c2nc1NCCN1CCNC1=O. The number of nitrogens with one attached hydrogen (secondary N) is 3. The van der Waals surface area contributed by atoms with E-state index in [1.807, 2.05) is 36.5 Å². The number of carbonyl (C=O) groups excluding carboxylic acids is 1. The Balaban J connectivity index is 1.45. The van der Waals surface area contributed by atoms with Crippen LogP contribution in [0.15, 0.2) is 48.9 Å². The van der Waals surface area contributed by atoms with Crippen molar-refractivity contribution in [2.75, 3.05) is 36.8 Å². The zero-order chi connectivity index (χ0) is 22.1. The normalized spacial score (nSPS) is 14.7. The second-order valence-corrected chi connectivity index (χ2v) is 8.10. The van der Waals surface area contributed by atoms with Crippen LogP contribution in [0.25, 0.3) is 16.4 Å². The predicted octanol–water partition coefficient (Wildman–Crippen LogP) is 3.54. The van der Waals surface area contributed by atoms with Crippen LogP contribution in [0.1, 0.15) is 18.5 Å². The summed E-state index contributed by atoms with van der Waals surface area (Å²) in [5.41, 5.74) is 2.61. The Morgan fingerprint density at radius 1 is 1.25 bits per heavy atom. The average molecular weight is 451 g/mol. The molecule has 1 saturated heterocycles. The molecule has 164 valence electrons. The van der Waals surface area contributed by atoms with Gasteiger partial charge in [0.2, 0.25) is 0 Å². The third-order valence-corrected chi connectivity index (χ3v) is 5.90. The number of para-hydroxylation sites is 1. The van der Waals surface area contributed by atoms with Gasteiger partial charge in [0.05, 0.1) is 16.6 Å². The zero-order valence-corrected chi connectivity index (χ0v) is 18.3. The number of carbonyl (C=O) groups is 1. The van der Waals surface area contributed by atoms with E-state index in [-0.39, 0.29) is 12.1 Å². The van der Waals surface area contributed by atoms with Crippen LogP contribution in [-0.4, -0.2) is 56.7 Å². The smallest absolute Gasteiger partial charge is 0.317 e. The van der Waals surface area contributed by atoms with Gasteiger partial charge in [-0.1, -0.05) is 23.7 Å². The molecule has 1 aliphatic rings. The summed E-state index contributed by atoms with van der Waals surface area (Å²) in [5.74, 6) is 1.47. The number of aromatic nitrogens is 4. The summed E-state index contributed by atoms with van der Waals surface area (Å²) in [6.45, 7) is 4.62. The Kier molecular flexibility index (Phi) is 5.40. The minimum atomic E-state index is -0.0999. The van der Waals surface area contributed by atoms with Gasteiger partial charge in [-0.25, -0.2) is 19.3 Å². The van der Waals surface area contributed by atoms with Crippen LogP contribution < -0.4 is 16.0 Å². The zero-order valence-electron chi connectivity index (χ0n) is 17.5. The first-order valence-corrected chi connectivity index (χ1v) is 10.9. The van der Waals surface area contributed by atoms with Gasteiger partial charge in [-0.15, -0.1) is 0 Å². The summed E-state index contributed by atoms with van der Waals surface area (Å²) in [7, 11) is 0. The maximum atomic E-state index is 11.8. The predicted molar refractivity (Wildman–Crippen MR) is 125 cm³/mol. The first kappa shape index (κ1) is 20.3.